The maximum Gasteiger partial charge on any atom is 0.299 e. The van der Waals surface area contributed by atoms with E-state index in [0.717, 1.165) is 10.9 Å². The van der Waals surface area contributed by atoms with Crippen molar-refractivity contribution < 1.29 is 14.6 Å². The van der Waals surface area contributed by atoms with E-state index in [2.05, 4.69) is 20.3 Å². The van der Waals surface area contributed by atoms with Crippen LogP contribution < -0.4 is 10.1 Å². The van der Waals surface area contributed by atoms with Crippen molar-refractivity contribution in [1.82, 2.24) is 15.0 Å². The molecule has 4 aromatic rings. The minimum atomic E-state index is -0.412. The van der Waals surface area contributed by atoms with Crippen LogP contribution in [0.25, 0.3) is 10.9 Å². The second kappa shape index (κ2) is 7.71. The molecule has 3 heterocycles. The highest BCUT2D eigenvalue weighted by Gasteiger charge is 2.21. The van der Waals surface area contributed by atoms with Crippen LogP contribution in [-0.2, 0) is 4.79 Å². The van der Waals surface area contributed by atoms with E-state index in [1.54, 1.807) is 30.7 Å². The van der Waals surface area contributed by atoms with Gasteiger partial charge in [-0.05, 0) is 29.8 Å². The number of hydrogen-bond donors (Lipinski definition) is 2. The van der Waals surface area contributed by atoms with Crippen molar-refractivity contribution in [1.29, 1.82) is 0 Å². The van der Waals surface area contributed by atoms with Gasteiger partial charge in [0.25, 0.3) is 6.47 Å². The monoisotopic (exact) mass is 372 g/mol. The van der Waals surface area contributed by atoms with E-state index in [0.29, 0.717) is 23.4 Å². The molecule has 0 fully saturated rings. The van der Waals surface area contributed by atoms with Crippen LogP contribution in [0.3, 0.4) is 0 Å². The smallest absolute Gasteiger partial charge is 0.299 e. The Bertz CT molecular complexity index is 1100. The molecule has 28 heavy (non-hydrogen) atoms. The van der Waals surface area contributed by atoms with E-state index in [1.807, 2.05) is 42.5 Å². The Balaban J connectivity index is 1.84. The minimum absolute atomic E-state index is 0.00821. The number of anilines is 1. The summed E-state index contributed by atoms with van der Waals surface area (Å²) in [7, 11) is 0. The molecule has 1 atom stereocenters. The molecule has 0 aliphatic carbocycles. The lowest BCUT2D eigenvalue weighted by molar-refractivity contribution is -0.120. The van der Waals surface area contributed by atoms with Gasteiger partial charge in [0, 0.05) is 35.6 Å². The zero-order valence-corrected chi connectivity index (χ0v) is 14.7. The molecule has 0 amide bonds. The third-order valence-corrected chi connectivity index (χ3v) is 4.30. The van der Waals surface area contributed by atoms with Gasteiger partial charge in [-0.1, -0.05) is 24.3 Å². The third kappa shape index (κ3) is 3.45. The largest absolute Gasteiger partial charge is 0.505 e. The van der Waals surface area contributed by atoms with E-state index in [-0.39, 0.29) is 11.6 Å². The summed E-state index contributed by atoms with van der Waals surface area (Å²) in [5.74, 6) is 0.763. The topological polar surface area (TPSA) is 97.2 Å². The van der Waals surface area contributed by atoms with Crippen LogP contribution in [0.15, 0.2) is 73.2 Å². The van der Waals surface area contributed by atoms with Gasteiger partial charge in [-0.15, -0.1) is 0 Å². The first-order valence-electron chi connectivity index (χ1n) is 8.56. The average molecular weight is 372 g/mol. The maximum atomic E-state index is 11.0. The average Bonchev–Trinajstić information content (AvgIpc) is 2.75. The number of rotatable bonds is 6. The van der Waals surface area contributed by atoms with E-state index in [1.165, 1.54) is 0 Å². The van der Waals surface area contributed by atoms with Gasteiger partial charge in [0.1, 0.15) is 17.1 Å². The molecule has 0 radical (unpaired) electrons. The van der Waals surface area contributed by atoms with E-state index in [9.17, 15) is 9.90 Å². The summed E-state index contributed by atoms with van der Waals surface area (Å²) in [4.78, 5) is 23.4. The number of phenols is 1. The fourth-order valence-corrected chi connectivity index (χ4v) is 3.00. The lowest BCUT2D eigenvalue weighted by atomic mass is 9.97. The highest BCUT2D eigenvalue weighted by atomic mass is 16.5. The summed E-state index contributed by atoms with van der Waals surface area (Å²) in [6.45, 7) is 0.302. The minimum Gasteiger partial charge on any atom is -0.505 e. The lowest BCUT2D eigenvalue weighted by Gasteiger charge is -2.21. The van der Waals surface area contributed by atoms with Gasteiger partial charge >= 0.3 is 0 Å². The summed E-state index contributed by atoms with van der Waals surface area (Å²) < 4.78 is 4.81. The van der Waals surface area contributed by atoms with Crippen LogP contribution >= 0.6 is 0 Å². The number of carbonyl (C=O) groups excluding carboxylic acids is 1. The summed E-state index contributed by atoms with van der Waals surface area (Å²) in [5, 5.41) is 15.0. The van der Waals surface area contributed by atoms with Crippen LogP contribution in [0.1, 0.15) is 17.2 Å². The Kier molecular flexibility index (Phi) is 4.79. The number of nitrogens with one attached hydrogen (secondary N) is 1. The third-order valence-electron chi connectivity index (χ3n) is 4.30. The normalized spacial score (nSPS) is 11.7. The molecular weight excluding hydrogens is 356 g/mol. The van der Waals surface area contributed by atoms with Gasteiger partial charge in [-0.3, -0.25) is 9.78 Å². The number of benzene rings is 1. The molecule has 7 heteroatoms. The number of carbonyl (C=O) groups is 1. The molecule has 0 bridgehead atoms. The predicted molar refractivity (Wildman–Crippen MR) is 104 cm³/mol. The first kappa shape index (κ1) is 17.4. The molecule has 0 saturated carbocycles. The van der Waals surface area contributed by atoms with Crippen molar-refractivity contribution in [2.24, 2.45) is 0 Å². The number of phenolic OH excluding ortho intramolecular Hbond substituents is 1. The van der Waals surface area contributed by atoms with Gasteiger partial charge in [0.15, 0.2) is 0 Å². The predicted octanol–water partition coefficient (Wildman–Crippen LogP) is 3.47. The second-order valence-electron chi connectivity index (χ2n) is 6.02. The quantitative estimate of drug-likeness (QED) is 0.500. The molecule has 0 aliphatic heterocycles. The van der Waals surface area contributed by atoms with Crippen LogP contribution in [0, 0.1) is 0 Å². The summed E-state index contributed by atoms with van der Waals surface area (Å²) >= 11 is 0. The van der Waals surface area contributed by atoms with Gasteiger partial charge in [0.2, 0.25) is 5.88 Å². The number of aromatic nitrogens is 3. The maximum absolute atomic E-state index is 11.0. The van der Waals surface area contributed by atoms with Crippen molar-refractivity contribution in [3.63, 3.8) is 0 Å². The molecule has 2 N–H and O–H groups in total. The van der Waals surface area contributed by atoms with Crippen LogP contribution in [0.5, 0.6) is 11.6 Å². The Morgan fingerprint density at radius 1 is 1.04 bits per heavy atom. The van der Waals surface area contributed by atoms with Gasteiger partial charge in [0.05, 0.1) is 6.04 Å². The van der Waals surface area contributed by atoms with Crippen LogP contribution in [0.4, 0.5) is 5.82 Å². The Morgan fingerprint density at radius 3 is 2.68 bits per heavy atom. The number of pyridine rings is 3. The number of ether oxygens (including phenoxy) is 1. The first-order chi connectivity index (χ1) is 13.8. The number of fused-ring (bicyclic) bond motifs is 1. The number of hydrogen-bond acceptors (Lipinski definition) is 7. The Morgan fingerprint density at radius 2 is 1.93 bits per heavy atom. The molecule has 7 nitrogen and oxygen atoms in total. The van der Waals surface area contributed by atoms with E-state index < -0.39 is 6.04 Å². The highest BCUT2D eigenvalue weighted by molar-refractivity contribution is 5.86. The molecule has 3 aromatic heterocycles. The molecule has 1 aromatic carbocycles. The standard InChI is InChI=1S/C21H16N4O3/c26-13-28-18-9-7-14-6-8-16(21(27)20(14)25-18)19(15-4-3-10-22-12-15)24-17-5-1-2-11-23-17/h1-13,19,27H,(H,23,24). The van der Waals surface area contributed by atoms with Crippen molar-refractivity contribution in [2.45, 2.75) is 6.04 Å². The molecule has 0 aliphatic rings. The molecule has 138 valence electrons. The molecular formula is C21H16N4O3. The summed E-state index contributed by atoms with van der Waals surface area (Å²) in [6.07, 6.45) is 5.10. The summed E-state index contributed by atoms with van der Waals surface area (Å²) in [6, 6.07) is 15.9. The molecule has 1 unspecified atom stereocenters. The lowest BCUT2D eigenvalue weighted by Crippen LogP contribution is -2.14. The Hall–Kier alpha value is -4.00. The zero-order chi connectivity index (χ0) is 19.3. The van der Waals surface area contributed by atoms with E-state index in [4.69, 9.17) is 4.74 Å². The SMILES string of the molecule is O=COc1ccc2ccc(C(Nc3ccccn3)c3cccnc3)c(O)c2n1. The first-order valence-corrected chi connectivity index (χ1v) is 8.56. The molecule has 0 spiro atoms. The summed E-state index contributed by atoms with van der Waals surface area (Å²) in [5.41, 5.74) is 1.79. The van der Waals surface area contributed by atoms with Gasteiger partial charge < -0.3 is 15.2 Å². The molecule has 0 saturated heterocycles. The van der Waals surface area contributed by atoms with Gasteiger partial charge in [-0.2, -0.15) is 0 Å². The van der Waals surface area contributed by atoms with Crippen LogP contribution in [-0.4, -0.2) is 26.5 Å². The van der Waals surface area contributed by atoms with E-state index >= 15 is 0 Å². The van der Waals surface area contributed by atoms with Gasteiger partial charge in [-0.25, -0.2) is 9.97 Å². The fourth-order valence-electron chi connectivity index (χ4n) is 3.00. The van der Waals surface area contributed by atoms with Crippen molar-refractivity contribution in [3.8, 4) is 11.6 Å². The number of nitrogens with zero attached hydrogens (tertiary/aromatic N) is 3. The van der Waals surface area contributed by atoms with Crippen molar-refractivity contribution in [3.05, 3.63) is 84.3 Å². The van der Waals surface area contributed by atoms with Crippen molar-refractivity contribution in [2.75, 3.05) is 5.32 Å². The second-order valence-corrected chi connectivity index (χ2v) is 6.02. The van der Waals surface area contributed by atoms with Crippen molar-refractivity contribution >= 4 is 23.2 Å². The highest BCUT2D eigenvalue weighted by Crippen LogP contribution is 2.36. The van der Waals surface area contributed by atoms with Crippen LogP contribution in [0.2, 0.25) is 0 Å². The Labute approximate surface area is 160 Å². The number of aromatic hydroxyl groups is 1. The fraction of sp³-hybridized carbons (Fsp3) is 0.0476. The zero-order valence-electron chi connectivity index (χ0n) is 14.7. The molecule has 4 rings (SSSR count).